The third-order valence-electron chi connectivity index (χ3n) is 4.37. The number of carbonyl (C=O) groups is 1. The van der Waals surface area contributed by atoms with Crippen LogP contribution >= 0.6 is 11.6 Å². The lowest BCUT2D eigenvalue weighted by Gasteiger charge is -2.42. The minimum absolute atomic E-state index is 0.0400. The molecule has 4 nitrogen and oxygen atoms in total. The van der Waals surface area contributed by atoms with Crippen LogP contribution in [0.15, 0.2) is 18.2 Å². The van der Waals surface area contributed by atoms with E-state index in [1.54, 1.807) is 18.2 Å². The van der Waals surface area contributed by atoms with Gasteiger partial charge in [0.2, 0.25) is 0 Å². The summed E-state index contributed by atoms with van der Waals surface area (Å²) in [6.45, 7) is 5.06. The van der Waals surface area contributed by atoms with E-state index in [0.717, 1.165) is 13.1 Å². The number of rotatable bonds is 1. The molecular weight excluding hydrogens is 274 g/mol. The second-order valence-corrected chi connectivity index (χ2v) is 6.31. The second kappa shape index (κ2) is 5.26. The number of piperazine rings is 1. The van der Waals surface area contributed by atoms with Crippen LogP contribution in [0.5, 0.6) is 0 Å². The van der Waals surface area contributed by atoms with E-state index >= 15 is 0 Å². The van der Waals surface area contributed by atoms with Crippen molar-refractivity contribution in [1.29, 1.82) is 0 Å². The van der Waals surface area contributed by atoms with Crippen LogP contribution in [0.1, 0.15) is 30.1 Å². The lowest BCUT2D eigenvalue weighted by Crippen LogP contribution is -2.56. The molecule has 1 aromatic carbocycles. The molecule has 1 amide bonds. The Labute approximate surface area is 124 Å². The molecule has 0 spiro atoms. The van der Waals surface area contributed by atoms with Gasteiger partial charge in [-0.2, -0.15) is 0 Å². The molecule has 0 aliphatic carbocycles. The van der Waals surface area contributed by atoms with Crippen LogP contribution in [0.25, 0.3) is 0 Å². The van der Waals surface area contributed by atoms with Gasteiger partial charge in [0, 0.05) is 41.4 Å². The highest BCUT2D eigenvalue weighted by molar-refractivity contribution is 6.31. The number of benzene rings is 1. The number of hydrogen-bond donors (Lipinski definition) is 1. The summed E-state index contributed by atoms with van der Waals surface area (Å²) in [4.78, 5) is 17.2. The molecule has 108 valence electrons. The molecule has 0 radical (unpaired) electrons. The van der Waals surface area contributed by atoms with Gasteiger partial charge in [0.05, 0.1) is 0 Å². The zero-order chi connectivity index (χ0) is 14.3. The van der Waals surface area contributed by atoms with Crippen molar-refractivity contribution in [3.8, 4) is 0 Å². The summed E-state index contributed by atoms with van der Waals surface area (Å²) in [6.07, 6.45) is 2.43. The summed E-state index contributed by atoms with van der Waals surface area (Å²) in [5, 5.41) is 0.514. The van der Waals surface area contributed by atoms with Crippen LogP contribution in [0.3, 0.4) is 0 Å². The normalized spacial score (nSPS) is 26.6. The molecule has 5 heteroatoms. The maximum absolute atomic E-state index is 12.7. The molecule has 0 aromatic heterocycles. The predicted octanol–water partition coefficient (Wildman–Crippen LogP) is 2.23. The Hall–Kier alpha value is -1.26. The number of nitrogens with zero attached hydrogens (tertiary/aromatic N) is 2. The van der Waals surface area contributed by atoms with Gasteiger partial charge in [0.1, 0.15) is 0 Å². The maximum Gasteiger partial charge on any atom is 0.254 e. The Balaban J connectivity index is 1.82. The van der Waals surface area contributed by atoms with Gasteiger partial charge in [-0.3, -0.25) is 9.69 Å². The number of nitrogen functional groups attached to an aromatic ring is 1. The maximum atomic E-state index is 12.7. The van der Waals surface area contributed by atoms with E-state index in [-0.39, 0.29) is 11.9 Å². The van der Waals surface area contributed by atoms with Crippen LogP contribution in [-0.2, 0) is 0 Å². The van der Waals surface area contributed by atoms with Gasteiger partial charge in [-0.15, -0.1) is 0 Å². The van der Waals surface area contributed by atoms with E-state index < -0.39 is 0 Å². The summed E-state index contributed by atoms with van der Waals surface area (Å²) < 4.78 is 0. The molecule has 0 bridgehead atoms. The Morgan fingerprint density at radius 2 is 2.15 bits per heavy atom. The summed E-state index contributed by atoms with van der Waals surface area (Å²) >= 11 is 6.00. The second-order valence-electron chi connectivity index (χ2n) is 5.87. The molecule has 2 aliphatic rings. The third-order valence-corrected chi connectivity index (χ3v) is 4.58. The van der Waals surface area contributed by atoms with E-state index in [2.05, 4.69) is 11.8 Å². The largest absolute Gasteiger partial charge is 0.399 e. The van der Waals surface area contributed by atoms with Crippen LogP contribution in [-0.4, -0.2) is 47.4 Å². The first kappa shape index (κ1) is 13.7. The minimum Gasteiger partial charge on any atom is -0.399 e. The lowest BCUT2D eigenvalue weighted by atomic mass is 10.1. The van der Waals surface area contributed by atoms with Crippen LogP contribution < -0.4 is 5.73 Å². The molecule has 2 unspecified atom stereocenters. The molecule has 2 heterocycles. The van der Waals surface area contributed by atoms with Crippen molar-refractivity contribution in [1.82, 2.24) is 9.80 Å². The average Bonchev–Trinajstić information content (AvgIpc) is 2.82. The fourth-order valence-electron chi connectivity index (χ4n) is 3.37. The first-order chi connectivity index (χ1) is 9.54. The highest BCUT2D eigenvalue weighted by Gasteiger charge is 2.36. The molecule has 20 heavy (non-hydrogen) atoms. The van der Waals surface area contributed by atoms with Crippen molar-refractivity contribution < 1.29 is 4.79 Å². The average molecular weight is 294 g/mol. The van der Waals surface area contributed by atoms with E-state index in [4.69, 9.17) is 17.3 Å². The number of amides is 1. The van der Waals surface area contributed by atoms with Gasteiger partial charge in [0.15, 0.2) is 0 Å². The highest BCUT2D eigenvalue weighted by Crippen LogP contribution is 2.26. The topological polar surface area (TPSA) is 49.6 Å². The smallest absolute Gasteiger partial charge is 0.254 e. The van der Waals surface area contributed by atoms with Crippen LogP contribution in [0.4, 0.5) is 5.69 Å². The fourth-order valence-corrected chi connectivity index (χ4v) is 3.62. The number of halogens is 1. The molecule has 3 rings (SSSR count). The summed E-state index contributed by atoms with van der Waals surface area (Å²) in [7, 11) is 0. The first-order valence-corrected chi connectivity index (χ1v) is 7.53. The van der Waals surface area contributed by atoms with Gasteiger partial charge >= 0.3 is 0 Å². The van der Waals surface area contributed by atoms with Crippen molar-refractivity contribution in [2.24, 2.45) is 0 Å². The first-order valence-electron chi connectivity index (χ1n) is 7.15. The number of carbonyl (C=O) groups excluding carboxylic acids is 1. The monoisotopic (exact) mass is 293 g/mol. The number of hydrogen-bond acceptors (Lipinski definition) is 3. The Morgan fingerprint density at radius 3 is 2.90 bits per heavy atom. The summed E-state index contributed by atoms with van der Waals surface area (Å²) in [6, 6.07) is 5.83. The van der Waals surface area contributed by atoms with E-state index in [1.807, 2.05) is 4.90 Å². The quantitative estimate of drug-likeness (QED) is 0.808. The van der Waals surface area contributed by atoms with Crippen molar-refractivity contribution in [3.05, 3.63) is 28.8 Å². The zero-order valence-electron chi connectivity index (χ0n) is 11.7. The van der Waals surface area contributed by atoms with Crippen molar-refractivity contribution in [2.45, 2.75) is 31.8 Å². The summed E-state index contributed by atoms with van der Waals surface area (Å²) in [5.74, 6) is 0.0400. The Morgan fingerprint density at radius 1 is 1.35 bits per heavy atom. The lowest BCUT2D eigenvalue weighted by molar-refractivity contribution is 0.0395. The molecule has 2 aliphatic heterocycles. The van der Waals surface area contributed by atoms with Gasteiger partial charge < -0.3 is 10.6 Å². The van der Waals surface area contributed by atoms with Gasteiger partial charge in [-0.05, 0) is 44.5 Å². The Bertz CT molecular complexity index is 514. The van der Waals surface area contributed by atoms with Crippen LogP contribution in [0, 0.1) is 0 Å². The standard InChI is InChI=1S/C15H20ClN3O/c1-10-8-18-4-2-3-14(18)9-19(10)15(20)11-5-12(16)7-13(17)6-11/h5-7,10,14H,2-4,8-9,17H2,1H3. The SMILES string of the molecule is CC1CN2CCCC2CN1C(=O)c1cc(N)cc(Cl)c1. The molecular formula is C15H20ClN3O. The zero-order valence-corrected chi connectivity index (χ0v) is 12.4. The number of anilines is 1. The van der Waals surface area contributed by atoms with Crippen molar-refractivity contribution in [2.75, 3.05) is 25.4 Å². The van der Waals surface area contributed by atoms with Crippen molar-refractivity contribution >= 4 is 23.2 Å². The number of fused-ring (bicyclic) bond motifs is 1. The van der Waals surface area contributed by atoms with E-state index in [0.29, 0.717) is 22.3 Å². The van der Waals surface area contributed by atoms with Crippen LogP contribution in [0.2, 0.25) is 5.02 Å². The van der Waals surface area contributed by atoms with E-state index in [9.17, 15) is 4.79 Å². The van der Waals surface area contributed by atoms with Gasteiger partial charge in [-0.1, -0.05) is 11.6 Å². The van der Waals surface area contributed by atoms with Gasteiger partial charge in [0.25, 0.3) is 5.91 Å². The summed E-state index contributed by atoms with van der Waals surface area (Å²) in [5.41, 5.74) is 6.91. The molecule has 2 atom stereocenters. The third kappa shape index (κ3) is 2.50. The van der Waals surface area contributed by atoms with Gasteiger partial charge in [-0.25, -0.2) is 0 Å². The molecule has 2 saturated heterocycles. The van der Waals surface area contributed by atoms with Crippen molar-refractivity contribution in [3.63, 3.8) is 0 Å². The predicted molar refractivity (Wildman–Crippen MR) is 81.0 cm³/mol. The molecule has 2 N–H and O–H groups in total. The van der Waals surface area contributed by atoms with E-state index in [1.165, 1.54) is 19.4 Å². The highest BCUT2D eigenvalue weighted by atomic mass is 35.5. The molecule has 0 saturated carbocycles. The molecule has 1 aromatic rings. The minimum atomic E-state index is 0.0400. The Kier molecular flexibility index (Phi) is 3.61. The molecule has 2 fully saturated rings. The number of nitrogens with two attached hydrogens (primary N) is 1. The fraction of sp³-hybridized carbons (Fsp3) is 0.533.